The lowest BCUT2D eigenvalue weighted by Crippen LogP contribution is -2.42. The normalized spacial score (nSPS) is 37.2. The molecule has 3 N–H and O–H groups in total. The molecule has 0 aromatic rings. The van der Waals surface area contributed by atoms with Gasteiger partial charge >= 0.3 is 13.8 Å². The highest BCUT2D eigenvalue weighted by atomic mass is 31.2. The van der Waals surface area contributed by atoms with Gasteiger partial charge in [-0.15, -0.1) is 0 Å². The van der Waals surface area contributed by atoms with E-state index in [9.17, 15) is 14.3 Å². The van der Waals surface area contributed by atoms with Crippen LogP contribution in [0.3, 0.4) is 0 Å². The molecule has 170 valence electrons. The van der Waals surface area contributed by atoms with Crippen molar-refractivity contribution in [1.29, 1.82) is 0 Å². The molecule has 0 spiro atoms. The van der Waals surface area contributed by atoms with Gasteiger partial charge in [0.2, 0.25) is 0 Å². The lowest BCUT2D eigenvalue weighted by molar-refractivity contribution is -0.155. The molecule has 0 aromatic carbocycles. The molecule has 0 saturated carbocycles. The number of rotatable bonds is 9. The molecule has 10 nitrogen and oxygen atoms in total. The standard InChI is InChI=1S/C18H34NO9P/c1-9(2)23-8-14-16(15(19)12(6)26-14)27-29(21,22)28-18(20)17-13(24-10(3)4)7-11(5)25-17/h9-17H,7-8,19H2,1-6H3,(H,21,22)/t11-,12-,13?,14+,15?,16?,17-/m0/s1. The Morgan fingerprint density at radius 3 is 2.45 bits per heavy atom. The van der Waals surface area contributed by atoms with Gasteiger partial charge in [-0.3, -0.25) is 9.42 Å². The molecule has 2 heterocycles. The zero-order valence-corrected chi connectivity index (χ0v) is 18.7. The first kappa shape index (κ1) is 24.7. The predicted molar refractivity (Wildman–Crippen MR) is 103 cm³/mol. The molecule has 0 bridgehead atoms. The molecule has 11 heteroatoms. The summed E-state index contributed by atoms with van der Waals surface area (Å²) < 4.78 is 44.9. The van der Waals surface area contributed by atoms with Crippen molar-refractivity contribution in [1.82, 2.24) is 0 Å². The zero-order valence-electron chi connectivity index (χ0n) is 17.8. The van der Waals surface area contributed by atoms with Gasteiger partial charge in [0, 0.05) is 6.42 Å². The second-order valence-corrected chi connectivity index (χ2v) is 9.44. The molecule has 2 aliphatic heterocycles. The van der Waals surface area contributed by atoms with Gasteiger partial charge in [-0.25, -0.2) is 9.36 Å². The minimum Gasteiger partial charge on any atom is -0.376 e. The lowest BCUT2D eigenvalue weighted by atomic mass is 10.1. The fourth-order valence-corrected chi connectivity index (χ4v) is 4.35. The number of phosphoric acid groups is 1. The highest BCUT2D eigenvalue weighted by Gasteiger charge is 2.48. The molecule has 0 amide bonds. The summed E-state index contributed by atoms with van der Waals surface area (Å²) in [7, 11) is -4.78. The van der Waals surface area contributed by atoms with Crippen molar-refractivity contribution in [2.75, 3.05) is 6.61 Å². The molecule has 29 heavy (non-hydrogen) atoms. The van der Waals surface area contributed by atoms with Crippen LogP contribution < -0.4 is 5.73 Å². The van der Waals surface area contributed by atoms with Crippen molar-refractivity contribution in [3.63, 3.8) is 0 Å². The molecule has 2 saturated heterocycles. The maximum Gasteiger partial charge on any atom is 0.530 e. The van der Waals surface area contributed by atoms with Gasteiger partial charge in [0.25, 0.3) is 0 Å². The van der Waals surface area contributed by atoms with E-state index in [1.165, 1.54) is 0 Å². The second-order valence-electron chi connectivity index (χ2n) is 8.11. The molecule has 0 radical (unpaired) electrons. The van der Waals surface area contributed by atoms with Crippen LogP contribution in [0.15, 0.2) is 0 Å². The van der Waals surface area contributed by atoms with E-state index in [1.807, 2.05) is 27.7 Å². The zero-order chi connectivity index (χ0) is 21.9. The van der Waals surface area contributed by atoms with Crippen LogP contribution >= 0.6 is 7.82 Å². The Morgan fingerprint density at radius 1 is 1.21 bits per heavy atom. The molecule has 4 unspecified atom stereocenters. The van der Waals surface area contributed by atoms with Crippen molar-refractivity contribution in [3.8, 4) is 0 Å². The van der Waals surface area contributed by atoms with Crippen LogP contribution in [-0.2, 0) is 37.4 Å². The highest BCUT2D eigenvalue weighted by Crippen LogP contribution is 2.48. The molecular weight excluding hydrogens is 405 g/mol. The summed E-state index contributed by atoms with van der Waals surface area (Å²) >= 11 is 0. The van der Waals surface area contributed by atoms with Crippen LogP contribution in [-0.4, -0.2) is 72.3 Å². The van der Waals surface area contributed by atoms with Gasteiger partial charge in [0.1, 0.15) is 12.2 Å². The number of phosphoric ester groups is 1. The molecule has 2 fully saturated rings. The summed E-state index contributed by atoms with van der Waals surface area (Å²) in [5.74, 6) is -1.01. The maximum atomic E-state index is 12.5. The van der Waals surface area contributed by atoms with E-state index < -0.39 is 50.4 Å². The van der Waals surface area contributed by atoms with Crippen molar-refractivity contribution in [2.45, 2.75) is 103 Å². The van der Waals surface area contributed by atoms with Crippen LogP contribution in [0.5, 0.6) is 0 Å². The predicted octanol–water partition coefficient (Wildman–Crippen LogP) is 1.53. The molecular formula is C18H34NO9P. The summed E-state index contributed by atoms with van der Waals surface area (Å²) in [6, 6.07) is -0.685. The monoisotopic (exact) mass is 439 g/mol. The van der Waals surface area contributed by atoms with Gasteiger partial charge < -0.3 is 29.2 Å². The fourth-order valence-electron chi connectivity index (χ4n) is 3.39. The van der Waals surface area contributed by atoms with E-state index >= 15 is 0 Å². The fraction of sp³-hybridized carbons (Fsp3) is 0.944. The van der Waals surface area contributed by atoms with Crippen LogP contribution in [0.4, 0.5) is 0 Å². The highest BCUT2D eigenvalue weighted by molar-refractivity contribution is 7.48. The first-order chi connectivity index (χ1) is 13.4. The molecule has 2 rings (SSSR count). The van der Waals surface area contributed by atoms with Crippen LogP contribution in [0.25, 0.3) is 0 Å². The van der Waals surface area contributed by atoms with Crippen molar-refractivity contribution >= 4 is 13.8 Å². The Labute approximate surface area is 171 Å². The summed E-state index contributed by atoms with van der Waals surface area (Å²) in [6.07, 6.45) is -3.71. The second kappa shape index (κ2) is 10.2. The third-order valence-corrected chi connectivity index (χ3v) is 5.61. The van der Waals surface area contributed by atoms with E-state index in [0.29, 0.717) is 6.42 Å². The molecule has 2 aliphatic rings. The maximum absolute atomic E-state index is 12.5. The number of hydrogen-bond acceptors (Lipinski definition) is 9. The van der Waals surface area contributed by atoms with E-state index in [-0.39, 0.29) is 24.9 Å². The van der Waals surface area contributed by atoms with Gasteiger partial charge in [-0.05, 0) is 41.5 Å². The smallest absolute Gasteiger partial charge is 0.376 e. The van der Waals surface area contributed by atoms with Crippen LogP contribution in [0.2, 0.25) is 0 Å². The van der Waals surface area contributed by atoms with Crippen molar-refractivity contribution < 1.29 is 42.2 Å². The van der Waals surface area contributed by atoms with Crippen molar-refractivity contribution in [3.05, 3.63) is 0 Å². The first-order valence-corrected chi connectivity index (χ1v) is 11.5. The summed E-state index contributed by atoms with van der Waals surface area (Å²) in [5.41, 5.74) is 6.05. The van der Waals surface area contributed by atoms with Crippen LogP contribution in [0.1, 0.15) is 48.0 Å². The minimum absolute atomic E-state index is 0.0652. The van der Waals surface area contributed by atoms with Gasteiger partial charge in [0.05, 0.1) is 43.2 Å². The average Bonchev–Trinajstić information content (AvgIpc) is 3.06. The topological polar surface area (TPSA) is 136 Å². The number of carbonyl (C=O) groups is 1. The summed E-state index contributed by atoms with van der Waals surface area (Å²) in [6.45, 7) is 11.0. The molecule has 0 aliphatic carbocycles. The van der Waals surface area contributed by atoms with Crippen molar-refractivity contribution in [2.24, 2.45) is 5.73 Å². The quantitative estimate of drug-likeness (QED) is 0.509. The lowest BCUT2D eigenvalue weighted by Gasteiger charge is -2.25. The Morgan fingerprint density at radius 2 is 1.86 bits per heavy atom. The number of hydrogen-bond donors (Lipinski definition) is 2. The van der Waals surface area contributed by atoms with E-state index in [4.69, 9.17) is 33.7 Å². The number of nitrogens with two attached hydrogens (primary N) is 1. The Balaban J connectivity index is 2.01. The third kappa shape index (κ3) is 6.97. The van der Waals surface area contributed by atoms with Gasteiger partial charge in [-0.2, -0.15) is 0 Å². The Bertz CT molecular complexity index is 602. The minimum atomic E-state index is -4.78. The summed E-state index contributed by atoms with van der Waals surface area (Å²) in [4.78, 5) is 22.7. The average molecular weight is 439 g/mol. The van der Waals surface area contributed by atoms with E-state index in [1.54, 1.807) is 13.8 Å². The first-order valence-electron chi connectivity index (χ1n) is 9.97. The number of carbonyl (C=O) groups excluding carboxylic acids is 1. The largest absolute Gasteiger partial charge is 0.530 e. The SMILES string of the molecule is CC(C)OC[C@H]1O[C@@H](C)C(N)C1OP(=O)(O)OC(=O)[C@H]1O[C@@H](C)CC1OC(C)C. The van der Waals surface area contributed by atoms with Gasteiger partial charge in [-0.1, -0.05) is 0 Å². The molecule has 0 aromatic heterocycles. The number of ether oxygens (including phenoxy) is 4. The Kier molecular flexibility index (Phi) is 8.64. The van der Waals surface area contributed by atoms with E-state index in [0.717, 1.165) is 0 Å². The van der Waals surface area contributed by atoms with E-state index in [2.05, 4.69) is 0 Å². The molecule has 8 atom stereocenters. The van der Waals surface area contributed by atoms with Gasteiger partial charge in [0.15, 0.2) is 6.10 Å². The third-order valence-electron chi connectivity index (χ3n) is 4.69. The summed E-state index contributed by atoms with van der Waals surface area (Å²) in [5, 5.41) is 0. The van der Waals surface area contributed by atoms with Crippen LogP contribution in [0, 0.1) is 0 Å². The Hall–Kier alpha value is -0.580.